The summed E-state index contributed by atoms with van der Waals surface area (Å²) in [6.45, 7) is 3.63. The van der Waals surface area contributed by atoms with Gasteiger partial charge in [-0.15, -0.1) is 11.3 Å². The van der Waals surface area contributed by atoms with Crippen molar-refractivity contribution in [2.75, 3.05) is 5.32 Å². The lowest BCUT2D eigenvalue weighted by Gasteiger charge is -2.17. The van der Waals surface area contributed by atoms with Crippen LogP contribution in [-0.4, -0.2) is 10.8 Å². The molecule has 4 heteroatoms. The summed E-state index contributed by atoms with van der Waals surface area (Å²) in [5, 5.41) is 4.20. The van der Waals surface area contributed by atoms with Gasteiger partial charge >= 0.3 is 0 Å². The molecule has 0 saturated heterocycles. The maximum Gasteiger partial charge on any atom is 0.183 e. The van der Waals surface area contributed by atoms with Crippen LogP contribution in [0.1, 0.15) is 29.8 Å². The van der Waals surface area contributed by atoms with Crippen LogP contribution < -0.4 is 5.32 Å². The predicted octanol–water partition coefficient (Wildman–Crippen LogP) is 3.58. The lowest BCUT2D eigenvalue weighted by molar-refractivity contribution is -0.117. The van der Waals surface area contributed by atoms with Crippen LogP contribution in [-0.2, 0) is 4.79 Å². The second-order valence-electron chi connectivity index (χ2n) is 4.29. The van der Waals surface area contributed by atoms with Crippen LogP contribution in [0.5, 0.6) is 0 Å². The first-order chi connectivity index (χ1) is 8.65. The highest BCUT2D eigenvalue weighted by Crippen LogP contribution is 2.25. The normalized spacial score (nSPS) is 12.1. The first-order valence-electron chi connectivity index (χ1n) is 5.88. The number of carbonyl (C=O) groups is 1. The van der Waals surface area contributed by atoms with Gasteiger partial charge in [0, 0.05) is 17.5 Å². The van der Waals surface area contributed by atoms with Gasteiger partial charge in [0.15, 0.2) is 5.13 Å². The number of thiazole rings is 1. The fraction of sp³-hybridized carbons (Fsp3) is 0.286. The number of hydrogen-bond acceptors (Lipinski definition) is 4. The third-order valence-corrected chi connectivity index (χ3v) is 3.46. The largest absolute Gasteiger partial charge is 0.354 e. The summed E-state index contributed by atoms with van der Waals surface area (Å²) >= 11 is 1.60. The maximum atomic E-state index is 11.4. The molecule has 1 aromatic carbocycles. The molecule has 0 radical (unpaired) electrons. The van der Waals surface area contributed by atoms with Crippen molar-refractivity contribution >= 4 is 22.3 Å². The number of aromatic nitrogens is 1. The smallest absolute Gasteiger partial charge is 0.183 e. The Bertz CT molecular complexity index is 522. The lowest BCUT2D eigenvalue weighted by atomic mass is 10.0. The highest BCUT2D eigenvalue weighted by atomic mass is 32.1. The third-order valence-electron chi connectivity index (χ3n) is 2.61. The Hall–Kier alpha value is -1.68. The molecular weight excluding hydrogens is 244 g/mol. The van der Waals surface area contributed by atoms with Crippen LogP contribution in [0.25, 0.3) is 0 Å². The van der Waals surface area contributed by atoms with Crippen LogP contribution in [0.2, 0.25) is 0 Å². The number of hydrogen-bond donors (Lipinski definition) is 1. The molecule has 94 valence electrons. The molecule has 0 saturated carbocycles. The van der Waals surface area contributed by atoms with Gasteiger partial charge in [0.1, 0.15) is 5.78 Å². The van der Waals surface area contributed by atoms with Crippen LogP contribution >= 0.6 is 11.3 Å². The van der Waals surface area contributed by atoms with Gasteiger partial charge in [0.05, 0.1) is 6.04 Å². The number of rotatable bonds is 5. The number of aryl methyl sites for hydroxylation is 1. The molecule has 2 rings (SSSR count). The van der Waals surface area contributed by atoms with Crippen molar-refractivity contribution in [3.63, 3.8) is 0 Å². The van der Waals surface area contributed by atoms with Gasteiger partial charge in [-0.25, -0.2) is 4.98 Å². The minimum absolute atomic E-state index is 0.00532. The number of Topliss-reactive ketones (excluding diaryl/α,β-unsaturated/α-hetero) is 1. The fourth-order valence-electron chi connectivity index (χ4n) is 1.80. The molecule has 2 aromatic rings. The molecule has 0 fully saturated rings. The minimum Gasteiger partial charge on any atom is -0.354 e. The van der Waals surface area contributed by atoms with Gasteiger partial charge in [-0.05, 0) is 19.4 Å². The second kappa shape index (κ2) is 5.78. The molecule has 1 N–H and O–H groups in total. The number of carbonyl (C=O) groups excluding carboxylic acids is 1. The van der Waals surface area contributed by atoms with Crippen molar-refractivity contribution in [2.24, 2.45) is 0 Å². The van der Waals surface area contributed by atoms with Gasteiger partial charge in [-0.3, -0.25) is 4.79 Å². The number of benzene rings is 1. The molecule has 0 spiro atoms. The number of anilines is 1. The Labute approximate surface area is 111 Å². The summed E-state index contributed by atoms with van der Waals surface area (Å²) in [6.07, 6.45) is 2.31. The summed E-state index contributed by atoms with van der Waals surface area (Å²) in [6, 6.07) is 9.99. The Morgan fingerprint density at radius 3 is 2.67 bits per heavy atom. The second-order valence-corrected chi connectivity index (χ2v) is 5.52. The highest BCUT2D eigenvalue weighted by molar-refractivity contribution is 7.15. The molecule has 0 bridgehead atoms. The molecule has 1 aromatic heterocycles. The van der Waals surface area contributed by atoms with E-state index in [0.717, 1.165) is 15.6 Å². The number of nitrogens with one attached hydrogen (secondary N) is 1. The Kier molecular flexibility index (Phi) is 4.10. The van der Waals surface area contributed by atoms with Gasteiger partial charge < -0.3 is 5.32 Å². The van der Waals surface area contributed by atoms with E-state index >= 15 is 0 Å². The van der Waals surface area contributed by atoms with Crippen LogP contribution in [0.4, 0.5) is 5.13 Å². The minimum atomic E-state index is -0.00532. The topological polar surface area (TPSA) is 42.0 Å². The summed E-state index contributed by atoms with van der Waals surface area (Å²) < 4.78 is 0. The molecule has 3 nitrogen and oxygen atoms in total. The number of nitrogens with zero attached hydrogens (tertiary/aromatic N) is 1. The monoisotopic (exact) mass is 260 g/mol. The van der Waals surface area contributed by atoms with E-state index in [1.807, 2.05) is 43.5 Å². The standard InChI is InChI=1S/C14H16N2OS/c1-10(17)8-13(12-6-4-3-5-7-12)16-14-15-9-11(2)18-14/h3-7,9,13H,8H2,1-2H3,(H,15,16). The lowest BCUT2D eigenvalue weighted by Crippen LogP contribution is -2.13. The molecule has 0 aliphatic carbocycles. The molecule has 1 heterocycles. The van der Waals surface area contributed by atoms with Gasteiger partial charge in [-0.2, -0.15) is 0 Å². The van der Waals surface area contributed by atoms with E-state index in [4.69, 9.17) is 0 Å². The fourth-order valence-corrected chi connectivity index (χ4v) is 2.51. The van der Waals surface area contributed by atoms with Gasteiger partial charge in [-0.1, -0.05) is 30.3 Å². The molecule has 0 amide bonds. The quantitative estimate of drug-likeness (QED) is 0.893. The Balaban J connectivity index is 2.18. The van der Waals surface area contributed by atoms with Crippen molar-refractivity contribution in [3.05, 3.63) is 47.0 Å². The summed E-state index contributed by atoms with van der Waals surface area (Å²) in [7, 11) is 0. The zero-order chi connectivity index (χ0) is 13.0. The van der Waals surface area contributed by atoms with Crippen LogP contribution in [0.15, 0.2) is 36.5 Å². The Morgan fingerprint density at radius 2 is 2.11 bits per heavy atom. The van der Waals surface area contributed by atoms with Crippen molar-refractivity contribution in [1.82, 2.24) is 4.98 Å². The Morgan fingerprint density at radius 1 is 1.39 bits per heavy atom. The van der Waals surface area contributed by atoms with E-state index in [-0.39, 0.29) is 11.8 Å². The third kappa shape index (κ3) is 3.40. The van der Waals surface area contributed by atoms with Crippen molar-refractivity contribution in [2.45, 2.75) is 26.3 Å². The van der Waals surface area contributed by atoms with Crippen molar-refractivity contribution in [1.29, 1.82) is 0 Å². The van der Waals surface area contributed by atoms with Gasteiger partial charge in [0.2, 0.25) is 0 Å². The van der Waals surface area contributed by atoms with Crippen LogP contribution in [0, 0.1) is 6.92 Å². The summed E-state index contributed by atoms with van der Waals surface area (Å²) in [5.74, 6) is 0.171. The van der Waals surface area contributed by atoms with Crippen molar-refractivity contribution in [3.8, 4) is 0 Å². The van der Waals surface area contributed by atoms with E-state index in [0.29, 0.717) is 6.42 Å². The summed E-state index contributed by atoms with van der Waals surface area (Å²) in [4.78, 5) is 16.8. The molecule has 1 unspecified atom stereocenters. The highest BCUT2D eigenvalue weighted by Gasteiger charge is 2.14. The molecule has 0 aliphatic heterocycles. The van der Waals surface area contributed by atoms with Crippen molar-refractivity contribution < 1.29 is 4.79 Å². The van der Waals surface area contributed by atoms with Crippen LogP contribution in [0.3, 0.4) is 0 Å². The van der Waals surface area contributed by atoms with E-state index in [9.17, 15) is 4.79 Å². The average Bonchev–Trinajstić information content (AvgIpc) is 2.75. The van der Waals surface area contributed by atoms with E-state index < -0.39 is 0 Å². The first-order valence-corrected chi connectivity index (χ1v) is 6.70. The molecule has 1 atom stereocenters. The first kappa shape index (κ1) is 12.8. The zero-order valence-electron chi connectivity index (χ0n) is 10.5. The predicted molar refractivity (Wildman–Crippen MR) is 75.0 cm³/mol. The van der Waals surface area contributed by atoms with Gasteiger partial charge in [0.25, 0.3) is 0 Å². The zero-order valence-corrected chi connectivity index (χ0v) is 11.3. The molecule has 18 heavy (non-hydrogen) atoms. The van der Waals surface area contributed by atoms with E-state index in [1.165, 1.54) is 0 Å². The van der Waals surface area contributed by atoms with E-state index in [1.54, 1.807) is 18.3 Å². The number of ketones is 1. The SMILES string of the molecule is CC(=O)CC(Nc1ncc(C)s1)c1ccccc1. The molecular formula is C14H16N2OS. The molecule has 0 aliphatic rings. The van der Waals surface area contributed by atoms with E-state index in [2.05, 4.69) is 10.3 Å². The summed E-state index contributed by atoms with van der Waals surface area (Å²) in [5.41, 5.74) is 1.11. The maximum absolute atomic E-state index is 11.4. The average molecular weight is 260 g/mol.